The predicted molar refractivity (Wildman–Crippen MR) is 99.0 cm³/mol. The molecule has 1 N–H and O–H groups in total. The Bertz CT molecular complexity index is 832. The third kappa shape index (κ3) is 4.82. The van der Waals surface area contributed by atoms with E-state index >= 15 is 0 Å². The number of nitrogens with zero attached hydrogens (tertiary/aromatic N) is 2. The number of carbonyl (C=O) groups excluding carboxylic acids is 2. The summed E-state index contributed by atoms with van der Waals surface area (Å²) in [6.07, 6.45) is -4.52. The van der Waals surface area contributed by atoms with E-state index in [-0.39, 0.29) is 18.0 Å². The van der Waals surface area contributed by atoms with Gasteiger partial charge >= 0.3 is 6.18 Å². The van der Waals surface area contributed by atoms with Gasteiger partial charge in [0.1, 0.15) is 0 Å². The second-order valence-corrected chi connectivity index (χ2v) is 6.46. The van der Waals surface area contributed by atoms with E-state index in [0.717, 1.165) is 17.8 Å². The highest BCUT2D eigenvalue weighted by atomic mass is 19.4. The van der Waals surface area contributed by atoms with Crippen molar-refractivity contribution in [2.75, 3.05) is 37.6 Å². The Kier molecular flexibility index (Phi) is 5.87. The smallest absolute Gasteiger partial charge is 0.368 e. The van der Waals surface area contributed by atoms with Crippen molar-refractivity contribution in [3.8, 4) is 0 Å². The number of anilines is 1. The van der Waals surface area contributed by atoms with Gasteiger partial charge in [0.25, 0.3) is 5.91 Å². The Balaban J connectivity index is 1.50. The standard InChI is InChI=1S/C20H20F3N3O2/c21-20(22,23)16-6-4-5-15(13-16)19(28)24-14-18(27)26-11-9-25(10-12-26)17-7-2-1-3-8-17/h1-8,13H,9-12,14H2,(H,24,28). The molecule has 1 aliphatic rings. The van der Waals surface area contributed by atoms with Crippen LogP contribution in [0.1, 0.15) is 15.9 Å². The molecule has 0 spiro atoms. The van der Waals surface area contributed by atoms with Crippen LogP contribution in [0.2, 0.25) is 0 Å². The Morgan fingerprint density at radius 3 is 2.25 bits per heavy atom. The number of hydrogen-bond donors (Lipinski definition) is 1. The molecule has 0 saturated carbocycles. The van der Waals surface area contributed by atoms with Gasteiger partial charge in [0.2, 0.25) is 5.91 Å². The summed E-state index contributed by atoms with van der Waals surface area (Å²) in [5.74, 6) is -0.963. The van der Waals surface area contributed by atoms with Crippen molar-refractivity contribution in [1.29, 1.82) is 0 Å². The molecule has 1 heterocycles. The first kappa shape index (κ1) is 19.7. The fourth-order valence-corrected chi connectivity index (χ4v) is 3.06. The van der Waals surface area contributed by atoms with E-state index < -0.39 is 17.6 Å². The summed E-state index contributed by atoms with van der Waals surface area (Å²) in [5.41, 5.74) is 0.0625. The number of hydrogen-bond acceptors (Lipinski definition) is 3. The molecule has 0 unspecified atom stereocenters. The lowest BCUT2D eigenvalue weighted by atomic mass is 10.1. The number of alkyl halides is 3. The second kappa shape index (κ2) is 8.33. The Morgan fingerprint density at radius 1 is 0.929 bits per heavy atom. The van der Waals surface area contributed by atoms with E-state index in [1.165, 1.54) is 12.1 Å². The van der Waals surface area contributed by atoms with Crippen molar-refractivity contribution < 1.29 is 22.8 Å². The topological polar surface area (TPSA) is 52.7 Å². The molecule has 3 rings (SSSR count). The Labute approximate surface area is 160 Å². The van der Waals surface area contributed by atoms with Crippen LogP contribution in [0.25, 0.3) is 0 Å². The van der Waals surface area contributed by atoms with Crippen LogP contribution in [0.5, 0.6) is 0 Å². The Hall–Kier alpha value is -3.03. The van der Waals surface area contributed by atoms with Crippen LogP contribution < -0.4 is 10.2 Å². The molecule has 1 saturated heterocycles. The lowest BCUT2D eigenvalue weighted by Crippen LogP contribution is -2.51. The maximum Gasteiger partial charge on any atom is 0.416 e. The SMILES string of the molecule is O=C(NCC(=O)N1CCN(c2ccccc2)CC1)c1cccc(C(F)(F)F)c1. The monoisotopic (exact) mass is 391 g/mol. The first-order valence-electron chi connectivity index (χ1n) is 8.88. The van der Waals surface area contributed by atoms with Crippen molar-refractivity contribution in [3.05, 3.63) is 65.7 Å². The number of carbonyl (C=O) groups is 2. The normalized spacial score (nSPS) is 14.7. The van der Waals surface area contributed by atoms with Crippen molar-refractivity contribution in [3.63, 3.8) is 0 Å². The maximum atomic E-state index is 12.7. The fraction of sp³-hybridized carbons (Fsp3) is 0.300. The highest BCUT2D eigenvalue weighted by molar-refractivity contribution is 5.96. The molecule has 0 aromatic heterocycles. The van der Waals surface area contributed by atoms with Gasteiger partial charge in [0.05, 0.1) is 12.1 Å². The van der Waals surface area contributed by atoms with Crippen LogP contribution in [0.3, 0.4) is 0 Å². The average molecular weight is 391 g/mol. The number of rotatable bonds is 4. The van der Waals surface area contributed by atoms with Crippen LogP contribution in [-0.2, 0) is 11.0 Å². The lowest BCUT2D eigenvalue weighted by molar-refractivity contribution is -0.137. The summed E-state index contributed by atoms with van der Waals surface area (Å²) in [4.78, 5) is 28.2. The van der Waals surface area contributed by atoms with Gasteiger partial charge in [0, 0.05) is 37.4 Å². The number of nitrogens with one attached hydrogen (secondary N) is 1. The quantitative estimate of drug-likeness (QED) is 0.872. The summed E-state index contributed by atoms with van der Waals surface area (Å²) in [6.45, 7) is 2.15. The molecule has 5 nitrogen and oxygen atoms in total. The van der Waals surface area contributed by atoms with Gasteiger partial charge < -0.3 is 15.1 Å². The molecule has 8 heteroatoms. The lowest BCUT2D eigenvalue weighted by Gasteiger charge is -2.36. The molecule has 2 aromatic rings. The summed E-state index contributed by atoms with van der Waals surface area (Å²) in [7, 11) is 0. The van der Waals surface area contributed by atoms with Gasteiger partial charge in [-0.15, -0.1) is 0 Å². The molecule has 2 amide bonds. The van der Waals surface area contributed by atoms with E-state index in [1.807, 2.05) is 30.3 Å². The van der Waals surface area contributed by atoms with Gasteiger partial charge in [-0.25, -0.2) is 0 Å². The van der Waals surface area contributed by atoms with Crippen LogP contribution in [0.4, 0.5) is 18.9 Å². The van der Waals surface area contributed by atoms with Crippen LogP contribution in [-0.4, -0.2) is 49.4 Å². The molecular formula is C20H20F3N3O2. The molecule has 1 fully saturated rings. The first-order chi connectivity index (χ1) is 13.3. The highest BCUT2D eigenvalue weighted by Gasteiger charge is 2.31. The highest BCUT2D eigenvalue weighted by Crippen LogP contribution is 2.29. The third-order valence-corrected chi connectivity index (χ3v) is 4.61. The fourth-order valence-electron chi connectivity index (χ4n) is 3.06. The Morgan fingerprint density at radius 2 is 1.61 bits per heavy atom. The minimum atomic E-state index is -4.52. The van der Waals surface area contributed by atoms with Crippen molar-refractivity contribution >= 4 is 17.5 Å². The average Bonchev–Trinajstić information content (AvgIpc) is 2.72. The molecule has 2 aromatic carbocycles. The third-order valence-electron chi connectivity index (χ3n) is 4.61. The molecule has 0 bridgehead atoms. The van der Waals surface area contributed by atoms with Crippen molar-refractivity contribution in [1.82, 2.24) is 10.2 Å². The van der Waals surface area contributed by atoms with Crippen LogP contribution in [0, 0.1) is 0 Å². The van der Waals surface area contributed by atoms with E-state index in [0.29, 0.717) is 26.2 Å². The van der Waals surface area contributed by atoms with E-state index in [2.05, 4.69) is 10.2 Å². The zero-order chi connectivity index (χ0) is 20.1. The molecule has 1 aliphatic heterocycles. The molecule has 148 valence electrons. The molecule has 0 atom stereocenters. The van der Waals surface area contributed by atoms with Crippen LogP contribution in [0.15, 0.2) is 54.6 Å². The van der Waals surface area contributed by atoms with Crippen molar-refractivity contribution in [2.24, 2.45) is 0 Å². The molecule has 28 heavy (non-hydrogen) atoms. The van der Waals surface area contributed by atoms with Gasteiger partial charge in [-0.1, -0.05) is 24.3 Å². The van der Waals surface area contributed by atoms with Crippen LogP contribution >= 0.6 is 0 Å². The van der Waals surface area contributed by atoms with Gasteiger partial charge in [-0.05, 0) is 30.3 Å². The number of piperazine rings is 1. The molecule has 0 radical (unpaired) electrons. The minimum Gasteiger partial charge on any atom is -0.368 e. The maximum absolute atomic E-state index is 12.7. The first-order valence-corrected chi connectivity index (χ1v) is 8.88. The molecular weight excluding hydrogens is 371 g/mol. The zero-order valence-electron chi connectivity index (χ0n) is 15.1. The molecule has 0 aliphatic carbocycles. The number of halogens is 3. The largest absolute Gasteiger partial charge is 0.416 e. The van der Waals surface area contributed by atoms with Crippen molar-refractivity contribution in [2.45, 2.75) is 6.18 Å². The van der Waals surface area contributed by atoms with E-state index in [9.17, 15) is 22.8 Å². The van der Waals surface area contributed by atoms with Gasteiger partial charge in [-0.3, -0.25) is 9.59 Å². The number of para-hydroxylation sites is 1. The van der Waals surface area contributed by atoms with Gasteiger partial charge in [0.15, 0.2) is 0 Å². The number of benzene rings is 2. The summed E-state index contributed by atoms with van der Waals surface area (Å²) >= 11 is 0. The number of amides is 2. The minimum absolute atomic E-state index is 0.128. The predicted octanol–water partition coefficient (Wildman–Crippen LogP) is 2.78. The summed E-state index contributed by atoms with van der Waals surface area (Å²) in [5, 5.41) is 2.41. The zero-order valence-corrected chi connectivity index (χ0v) is 15.1. The van der Waals surface area contributed by atoms with E-state index in [4.69, 9.17) is 0 Å². The van der Waals surface area contributed by atoms with Gasteiger partial charge in [-0.2, -0.15) is 13.2 Å². The second-order valence-electron chi connectivity index (χ2n) is 6.46. The summed E-state index contributed by atoms with van der Waals surface area (Å²) in [6, 6.07) is 14.0. The summed E-state index contributed by atoms with van der Waals surface area (Å²) < 4.78 is 38.2. The van der Waals surface area contributed by atoms with E-state index in [1.54, 1.807) is 4.90 Å².